The van der Waals surface area contributed by atoms with Crippen LogP contribution in [0.3, 0.4) is 0 Å². The van der Waals surface area contributed by atoms with Crippen LogP contribution >= 0.6 is 0 Å². The quantitative estimate of drug-likeness (QED) is 0.825. The number of benzene rings is 1. The molecule has 2 heterocycles. The molecule has 1 spiro atoms. The van der Waals surface area contributed by atoms with E-state index in [-0.39, 0.29) is 17.2 Å². The Labute approximate surface area is 131 Å². The first-order chi connectivity index (χ1) is 10.6. The summed E-state index contributed by atoms with van der Waals surface area (Å²) in [5.41, 5.74) is 1.56. The Hall–Kier alpha value is -1.88. The molecule has 1 aromatic carbocycles. The van der Waals surface area contributed by atoms with Crippen molar-refractivity contribution in [2.24, 2.45) is 5.41 Å². The average Bonchev–Trinajstić information content (AvgIpc) is 2.92. The molecule has 3 rings (SSSR count). The van der Waals surface area contributed by atoms with Gasteiger partial charge in [0.1, 0.15) is 0 Å². The number of nitrogens with one attached hydrogen (secondary N) is 2. The van der Waals surface area contributed by atoms with Gasteiger partial charge in [-0.3, -0.25) is 4.79 Å². The number of rotatable bonds is 2. The second-order valence-corrected chi connectivity index (χ2v) is 6.52. The maximum Gasteiger partial charge on any atom is 0.321 e. The molecule has 0 unspecified atom stereocenters. The Morgan fingerprint density at radius 2 is 2.18 bits per heavy atom. The zero-order valence-electron chi connectivity index (χ0n) is 13.0. The number of ketones is 1. The zero-order valence-corrected chi connectivity index (χ0v) is 13.0. The zero-order chi connectivity index (χ0) is 15.6. The van der Waals surface area contributed by atoms with Crippen LogP contribution in [0.5, 0.6) is 0 Å². The van der Waals surface area contributed by atoms with E-state index in [0.717, 1.165) is 32.6 Å². The Morgan fingerprint density at radius 3 is 2.91 bits per heavy atom. The number of likely N-dealkylation sites (tertiary alicyclic amines) is 1. The lowest BCUT2D eigenvalue weighted by Gasteiger charge is -2.33. The number of amides is 2. The van der Waals surface area contributed by atoms with Gasteiger partial charge in [0.2, 0.25) is 0 Å². The van der Waals surface area contributed by atoms with Crippen LogP contribution < -0.4 is 10.6 Å². The molecule has 118 valence electrons. The molecule has 1 aromatic rings. The molecule has 1 atom stereocenters. The number of carbonyl (C=O) groups excluding carboxylic acids is 2. The second kappa shape index (κ2) is 6.08. The van der Waals surface area contributed by atoms with Crippen LogP contribution in [0.15, 0.2) is 24.3 Å². The van der Waals surface area contributed by atoms with Gasteiger partial charge in [-0.1, -0.05) is 12.1 Å². The van der Waals surface area contributed by atoms with Crippen LogP contribution in [0.2, 0.25) is 0 Å². The van der Waals surface area contributed by atoms with Crippen LogP contribution in [-0.4, -0.2) is 42.9 Å². The van der Waals surface area contributed by atoms with Crippen molar-refractivity contribution in [2.45, 2.75) is 26.2 Å². The predicted molar refractivity (Wildman–Crippen MR) is 86.2 cm³/mol. The topological polar surface area (TPSA) is 61.4 Å². The summed E-state index contributed by atoms with van der Waals surface area (Å²) < 4.78 is 0. The Kier molecular flexibility index (Phi) is 4.16. The Morgan fingerprint density at radius 1 is 1.32 bits per heavy atom. The number of urea groups is 1. The van der Waals surface area contributed by atoms with E-state index in [1.165, 1.54) is 19.8 Å². The minimum Gasteiger partial charge on any atom is -0.324 e. The summed E-state index contributed by atoms with van der Waals surface area (Å²) in [6, 6.07) is 7.04. The third kappa shape index (κ3) is 3.14. The monoisotopic (exact) mass is 301 g/mol. The molecule has 0 aromatic heterocycles. The van der Waals surface area contributed by atoms with Gasteiger partial charge in [0.25, 0.3) is 0 Å². The molecule has 2 amide bonds. The number of Topliss-reactive ketones (excluding diaryl/α,β-unsaturated/α-hetero) is 1. The molecule has 2 aliphatic rings. The number of carbonyl (C=O) groups is 2. The van der Waals surface area contributed by atoms with E-state index >= 15 is 0 Å². The fourth-order valence-electron chi connectivity index (χ4n) is 3.51. The van der Waals surface area contributed by atoms with E-state index < -0.39 is 0 Å². The molecule has 22 heavy (non-hydrogen) atoms. The number of anilines is 1. The van der Waals surface area contributed by atoms with Crippen molar-refractivity contribution in [3.05, 3.63) is 29.8 Å². The number of nitrogens with zero attached hydrogens (tertiary/aromatic N) is 1. The largest absolute Gasteiger partial charge is 0.324 e. The summed E-state index contributed by atoms with van der Waals surface area (Å²) in [6.45, 7) is 5.25. The van der Waals surface area contributed by atoms with Crippen LogP contribution in [0.4, 0.5) is 10.5 Å². The van der Waals surface area contributed by atoms with E-state index in [2.05, 4.69) is 10.6 Å². The Bertz CT molecular complexity index is 579. The smallest absolute Gasteiger partial charge is 0.321 e. The van der Waals surface area contributed by atoms with Crippen LogP contribution in [0, 0.1) is 5.41 Å². The maximum atomic E-state index is 12.4. The number of piperidine rings is 1. The summed E-state index contributed by atoms with van der Waals surface area (Å²) in [6.07, 6.45) is 3.46. The fraction of sp³-hybridized carbons (Fsp3) is 0.529. The van der Waals surface area contributed by atoms with Crippen molar-refractivity contribution in [3.8, 4) is 0 Å². The van der Waals surface area contributed by atoms with Crippen LogP contribution in [0.1, 0.15) is 36.5 Å². The lowest BCUT2D eigenvalue weighted by atomic mass is 9.80. The van der Waals surface area contributed by atoms with Gasteiger partial charge in [0, 0.05) is 36.3 Å². The van der Waals surface area contributed by atoms with Gasteiger partial charge in [-0.15, -0.1) is 0 Å². The molecule has 2 N–H and O–H groups in total. The first-order valence-electron chi connectivity index (χ1n) is 7.96. The van der Waals surface area contributed by atoms with Crippen molar-refractivity contribution >= 4 is 17.5 Å². The van der Waals surface area contributed by atoms with E-state index in [1.54, 1.807) is 18.2 Å². The molecule has 5 nitrogen and oxygen atoms in total. The van der Waals surface area contributed by atoms with Crippen molar-refractivity contribution < 1.29 is 9.59 Å². The highest BCUT2D eigenvalue weighted by Crippen LogP contribution is 2.36. The molecule has 0 radical (unpaired) electrons. The Balaban J connectivity index is 1.63. The lowest BCUT2D eigenvalue weighted by molar-refractivity contribution is 0.101. The maximum absolute atomic E-state index is 12.4. The van der Waals surface area contributed by atoms with E-state index in [0.29, 0.717) is 11.3 Å². The molecular weight excluding hydrogens is 278 g/mol. The first kappa shape index (κ1) is 15.0. The van der Waals surface area contributed by atoms with Crippen molar-refractivity contribution in [1.82, 2.24) is 10.2 Å². The highest BCUT2D eigenvalue weighted by Gasteiger charge is 2.40. The highest BCUT2D eigenvalue weighted by atomic mass is 16.2. The average molecular weight is 301 g/mol. The molecule has 0 saturated carbocycles. The molecule has 0 aliphatic carbocycles. The number of hydrogen-bond acceptors (Lipinski definition) is 3. The minimum absolute atomic E-state index is 0.00417. The van der Waals surface area contributed by atoms with E-state index in [9.17, 15) is 9.59 Å². The molecule has 5 heteroatoms. The summed E-state index contributed by atoms with van der Waals surface area (Å²) in [5.74, 6) is 0.00417. The van der Waals surface area contributed by atoms with Crippen LogP contribution in [0.25, 0.3) is 0 Å². The van der Waals surface area contributed by atoms with Gasteiger partial charge in [0.05, 0.1) is 0 Å². The highest BCUT2D eigenvalue weighted by molar-refractivity contribution is 5.96. The van der Waals surface area contributed by atoms with Crippen molar-refractivity contribution in [1.29, 1.82) is 0 Å². The first-order valence-corrected chi connectivity index (χ1v) is 7.96. The number of hydrogen-bond donors (Lipinski definition) is 2. The van der Waals surface area contributed by atoms with Crippen molar-refractivity contribution in [3.63, 3.8) is 0 Å². The molecule has 2 saturated heterocycles. The molecule has 2 fully saturated rings. The van der Waals surface area contributed by atoms with E-state index in [1.807, 2.05) is 11.0 Å². The van der Waals surface area contributed by atoms with E-state index in [4.69, 9.17) is 0 Å². The summed E-state index contributed by atoms with van der Waals surface area (Å²) >= 11 is 0. The van der Waals surface area contributed by atoms with Crippen LogP contribution in [-0.2, 0) is 0 Å². The van der Waals surface area contributed by atoms with Gasteiger partial charge < -0.3 is 15.5 Å². The second-order valence-electron chi connectivity index (χ2n) is 6.52. The molecule has 2 aliphatic heterocycles. The van der Waals surface area contributed by atoms with Gasteiger partial charge in [-0.05, 0) is 44.9 Å². The lowest BCUT2D eigenvalue weighted by Crippen LogP contribution is -2.43. The summed E-state index contributed by atoms with van der Waals surface area (Å²) in [5, 5.41) is 6.37. The molecular formula is C17H23N3O2. The third-order valence-corrected chi connectivity index (χ3v) is 4.81. The van der Waals surface area contributed by atoms with Gasteiger partial charge in [-0.2, -0.15) is 0 Å². The van der Waals surface area contributed by atoms with Gasteiger partial charge in [0.15, 0.2) is 5.78 Å². The SMILES string of the molecule is CC(=O)c1cccc(NC(=O)N2CC[C@]3(CCCNC3)C2)c1. The molecule has 0 bridgehead atoms. The summed E-state index contributed by atoms with van der Waals surface area (Å²) in [4.78, 5) is 25.7. The normalized spacial score (nSPS) is 24.5. The van der Waals surface area contributed by atoms with Crippen molar-refractivity contribution in [2.75, 3.05) is 31.5 Å². The third-order valence-electron chi connectivity index (χ3n) is 4.81. The fourth-order valence-corrected chi connectivity index (χ4v) is 3.51. The predicted octanol–water partition coefficient (Wildman–Crippen LogP) is 2.50. The standard InChI is InChI=1S/C17H23N3O2/c1-13(21)14-4-2-5-15(10-14)19-16(22)20-9-7-17(12-20)6-3-8-18-11-17/h2,4-5,10,18H,3,6-9,11-12H2,1H3,(H,19,22)/t17-/m0/s1. The summed E-state index contributed by atoms with van der Waals surface area (Å²) in [7, 11) is 0. The van der Waals surface area contributed by atoms with Gasteiger partial charge >= 0.3 is 6.03 Å². The van der Waals surface area contributed by atoms with Gasteiger partial charge in [-0.25, -0.2) is 4.79 Å². The minimum atomic E-state index is -0.0665.